The maximum absolute atomic E-state index is 11.8. The van der Waals surface area contributed by atoms with Crippen LogP contribution in [0.5, 0.6) is 0 Å². The monoisotopic (exact) mass is 277 g/mol. The predicted octanol–water partition coefficient (Wildman–Crippen LogP) is 2.35. The van der Waals surface area contributed by atoms with Crippen LogP contribution in [0.2, 0.25) is 0 Å². The predicted molar refractivity (Wildman–Crippen MR) is 81.4 cm³/mol. The van der Waals surface area contributed by atoms with E-state index in [9.17, 15) is 9.59 Å². The van der Waals surface area contributed by atoms with Gasteiger partial charge in [-0.2, -0.15) is 0 Å². The first kappa shape index (κ1) is 16.2. The summed E-state index contributed by atoms with van der Waals surface area (Å²) in [5.41, 5.74) is 6.55. The van der Waals surface area contributed by atoms with Crippen LogP contribution in [-0.2, 0) is 9.59 Å². The Labute approximate surface area is 119 Å². The van der Waals surface area contributed by atoms with E-state index < -0.39 is 11.5 Å². The van der Waals surface area contributed by atoms with E-state index in [1.54, 1.807) is 24.3 Å². The molecule has 0 bridgehead atoms. The van der Waals surface area contributed by atoms with Gasteiger partial charge in [0.1, 0.15) is 0 Å². The van der Waals surface area contributed by atoms with E-state index in [2.05, 4.69) is 10.6 Å². The zero-order valence-corrected chi connectivity index (χ0v) is 12.5. The van der Waals surface area contributed by atoms with E-state index >= 15 is 0 Å². The second-order valence-corrected chi connectivity index (χ2v) is 5.79. The molecule has 0 aromatic heterocycles. The molecule has 110 valence electrons. The average molecular weight is 277 g/mol. The second-order valence-electron chi connectivity index (χ2n) is 5.79. The lowest BCUT2D eigenvalue weighted by molar-refractivity contribution is -0.123. The Bertz CT molecular complexity index is 475. The molecule has 1 aromatic carbocycles. The lowest BCUT2D eigenvalue weighted by atomic mass is 9.95. The quantitative estimate of drug-likeness (QED) is 0.789. The summed E-state index contributed by atoms with van der Waals surface area (Å²) in [5, 5.41) is 5.55. The number of hydrogen-bond donors (Lipinski definition) is 3. The summed E-state index contributed by atoms with van der Waals surface area (Å²) in [6, 6.07) is 6.46. The van der Waals surface area contributed by atoms with Crippen molar-refractivity contribution in [1.82, 2.24) is 0 Å². The van der Waals surface area contributed by atoms with Gasteiger partial charge < -0.3 is 16.4 Å². The fourth-order valence-electron chi connectivity index (χ4n) is 1.38. The molecule has 0 aliphatic rings. The Morgan fingerprint density at radius 1 is 1.10 bits per heavy atom. The van der Waals surface area contributed by atoms with Gasteiger partial charge in [-0.05, 0) is 30.7 Å². The van der Waals surface area contributed by atoms with Crippen LogP contribution in [-0.4, -0.2) is 17.9 Å². The van der Waals surface area contributed by atoms with Gasteiger partial charge in [0.25, 0.3) is 0 Å². The number of nitrogens with two attached hydrogens (primary N) is 1. The van der Waals surface area contributed by atoms with Crippen LogP contribution < -0.4 is 16.4 Å². The van der Waals surface area contributed by atoms with Crippen molar-refractivity contribution in [2.24, 2.45) is 11.1 Å². The third-order valence-corrected chi connectivity index (χ3v) is 2.87. The van der Waals surface area contributed by atoms with E-state index in [0.717, 1.165) is 0 Å². The van der Waals surface area contributed by atoms with E-state index in [4.69, 9.17) is 5.73 Å². The van der Waals surface area contributed by atoms with Crippen LogP contribution in [0.3, 0.4) is 0 Å². The Morgan fingerprint density at radius 2 is 1.55 bits per heavy atom. The van der Waals surface area contributed by atoms with Crippen molar-refractivity contribution >= 4 is 23.2 Å². The molecule has 0 fully saturated rings. The summed E-state index contributed by atoms with van der Waals surface area (Å²) in [7, 11) is 0. The highest BCUT2D eigenvalue weighted by Gasteiger charge is 2.21. The molecule has 0 unspecified atom stereocenters. The number of hydrogen-bond acceptors (Lipinski definition) is 3. The Balaban J connectivity index is 2.65. The maximum atomic E-state index is 11.8. The summed E-state index contributed by atoms with van der Waals surface area (Å²) < 4.78 is 0. The number of anilines is 2. The SMILES string of the molecule is CC[C@@H](N)C(=O)Nc1ccc(NC(=O)C(C)(C)C)cc1. The number of rotatable bonds is 4. The lowest BCUT2D eigenvalue weighted by Crippen LogP contribution is -2.34. The number of nitrogens with one attached hydrogen (secondary N) is 2. The van der Waals surface area contributed by atoms with Crippen molar-refractivity contribution in [2.75, 3.05) is 10.6 Å². The van der Waals surface area contributed by atoms with Gasteiger partial charge in [0.15, 0.2) is 0 Å². The van der Waals surface area contributed by atoms with E-state index in [1.807, 2.05) is 27.7 Å². The van der Waals surface area contributed by atoms with Gasteiger partial charge in [-0.15, -0.1) is 0 Å². The molecule has 0 aliphatic carbocycles. The summed E-state index contributed by atoms with van der Waals surface area (Å²) in [4.78, 5) is 23.5. The summed E-state index contributed by atoms with van der Waals surface area (Å²) in [5.74, 6) is -0.263. The average Bonchev–Trinajstić information content (AvgIpc) is 2.38. The van der Waals surface area contributed by atoms with Gasteiger partial charge in [0.05, 0.1) is 6.04 Å². The molecule has 5 heteroatoms. The third kappa shape index (κ3) is 4.66. The van der Waals surface area contributed by atoms with Gasteiger partial charge >= 0.3 is 0 Å². The minimum Gasteiger partial charge on any atom is -0.326 e. The Hall–Kier alpha value is -1.88. The molecule has 1 rings (SSSR count). The van der Waals surface area contributed by atoms with E-state index in [-0.39, 0.29) is 11.8 Å². The number of carbonyl (C=O) groups is 2. The molecule has 1 atom stereocenters. The zero-order valence-electron chi connectivity index (χ0n) is 12.5. The van der Waals surface area contributed by atoms with E-state index in [0.29, 0.717) is 17.8 Å². The zero-order chi connectivity index (χ0) is 15.3. The van der Waals surface area contributed by atoms with Gasteiger partial charge in [-0.3, -0.25) is 9.59 Å². The van der Waals surface area contributed by atoms with Crippen LogP contribution in [0.15, 0.2) is 24.3 Å². The van der Waals surface area contributed by atoms with Crippen LogP contribution in [0.25, 0.3) is 0 Å². The highest BCUT2D eigenvalue weighted by atomic mass is 16.2. The molecular formula is C15H23N3O2. The summed E-state index contributed by atoms with van der Waals surface area (Å²) >= 11 is 0. The van der Waals surface area contributed by atoms with Gasteiger partial charge in [0, 0.05) is 16.8 Å². The molecule has 0 heterocycles. The molecule has 4 N–H and O–H groups in total. The second kappa shape index (κ2) is 6.52. The van der Waals surface area contributed by atoms with Crippen molar-refractivity contribution in [3.8, 4) is 0 Å². The van der Waals surface area contributed by atoms with Gasteiger partial charge in [-0.1, -0.05) is 27.7 Å². The minimum atomic E-state index is -0.504. The van der Waals surface area contributed by atoms with Gasteiger partial charge in [-0.25, -0.2) is 0 Å². The standard InChI is InChI=1S/C15H23N3O2/c1-5-12(16)13(19)17-10-6-8-11(9-7-10)18-14(20)15(2,3)4/h6-9,12H,5,16H2,1-4H3,(H,17,19)(H,18,20)/t12-/m1/s1. The Morgan fingerprint density at radius 3 is 1.95 bits per heavy atom. The highest BCUT2D eigenvalue weighted by molar-refractivity contribution is 5.96. The first-order valence-corrected chi connectivity index (χ1v) is 6.72. The Kier molecular flexibility index (Phi) is 5.27. The summed E-state index contributed by atoms with van der Waals surface area (Å²) in [6.07, 6.45) is 0.589. The van der Waals surface area contributed by atoms with Crippen LogP contribution in [0.1, 0.15) is 34.1 Å². The molecule has 2 amide bonds. The minimum absolute atomic E-state index is 0.0534. The smallest absolute Gasteiger partial charge is 0.241 e. The van der Waals surface area contributed by atoms with Crippen molar-refractivity contribution < 1.29 is 9.59 Å². The molecule has 0 saturated heterocycles. The molecule has 1 aromatic rings. The maximum Gasteiger partial charge on any atom is 0.241 e. The van der Waals surface area contributed by atoms with Crippen LogP contribution >= 0.6 is 0 Å². The lowest BCUT2D eigenvalue weighted by Gasteiger charge is -2.18. The van der Waals surface area contributed by atoms with Crippen LogP contribution in [0, 0.1) is 5.41 Å². The largest absolute Gasteiger partial charge is 0.326 e. The van der Waals surface area contributed by atoms with Crippen molar-refractivity contribution in [1.29, 1.82) is 0 Å². The molecule has 0 saturated carbocycles. The normalized spacial score (nSPS) is 12.7. The topological polar surface area (TPSA) is 84.2 Å². The van der Waals surface area contributed by atoms with Crippen molar-refractivity contribution in [3.05, 3.63) is 24.3 Å². The molecule has 0 aliphatic heterocycles. The number of benzene rings is 1. The van der Waals surface area contributed by atoms with Crippen molar-refractivity contribution in [2.45, 2.75) is 40.2 Å². The van der Waals surface area contributed by atoms with Gasteiger partial charge in [0.2, 0.25) is 11.8 Å². The van der Waals surface area contributed by atoms with E-state index in [1.165, 1.54) is 0 Å². The summed E-state index contributed by atoms with van der Waals surface area (Å²) in [6.45, 7) is 7.41. The third-order valence-electron chi connectivity index (χ3n) is 2.87. The fraction of sp³-hybridized carbons (Fsp3) is 0.467. The van der Waals surface area contributed by atoms with Crippen LogP contribution in [0.4, 0.5) is 11.4 Å². The number of carbonyl (C=O) groups excluding carboxylic acids is 2. The molecule has 0 radical (unpaired) electrons. The molecule has 20 heavy (non-hydrogen) atoms. The first-order chi connectivity index (χ1) is 9.24. The number of amides is 2. The first-order valence-electron chi connectivity index (χ1n) is 6.72. The van der Waals surface area contributed by atoms with Crippen molar-refractivity contribution in [3.63, 3.8) is 0 Å². The highest BCUT2D eigenvalue weighted by Crippen LogP contribution is 2.19. The fourth-order valence-corrected chi connectivity index (χ4v) is 1.38. The molecular weight excluding hydrogens is 254 g/mol. The molecule has 5 nitrogen and oxygen atoms in total. The molecule has 0 spiro atoms.